The maximum atomic E-state index is 14.4. The summed E-state index contributed by atoms with van der Waals surface area (Å²) in [6.45, 7) is 10.1. The summed E-state index contributed by atoms with van der Waals surface area (Å²) >= 11 is 0. The smallest absolute Gasteiger partial charge is 0.410 e. The molecule has 6 rings (SSSR count). The molecule has 1 aromatic rings. The molecule has 5 amide bonds. The minimum Gasteiger partial charge on any atom is -0.493 e. The van der Waals surface area contributed by atoms with Gasteiger partial charge in [0.15, 0.2) is 0 Å². The summed E-state index contributed by atoms with van der Waals surface area (Å²) in [5, 5.41) is 4.78. The number of alkyl carbamates (subject to hydrolysis) is 1. The summed E-state index contributed by atoms with van der Waals surface area (Å²) < 4.78 is 45.0. The lowest BCUT2D eigenvalue weighted by Crippen LogP contribution is -2.60. The zero-order valence-corrected chi connectivity index (χ0v) is 31.5. The average Bonchev–Trinajstić information content (AvgIpc) is 3.99. The van der Waals surface area contributed by atoms with Gasteiger partial charge < -0.3 is 29.7 Å². The van der Waals surface area contributed by atoms with Gasteiger partial charge in [-0.1, -0.05) is 58.2 Å². The molecule has 4 bridgehead atoms. The molecule has 15 nitrogen and oxygen atoms in total. The standard InChI is InChI=1S/C37H51N5O10S/c1-5-24-19-37(24,33(45)40-53(48,49)26-14-15-26)39-31(43)28-18-25-21-42(28)32(44)30(36(2,3)4)38-34(46)51-17-10-8-6-7-9-16-50-29-13-11-12-23-20-41(22-27(23)29)35(47)52-25/h5,11-13,24-26,28,30H,1,6-10,14-22H2,2-4H3,(H,38,46)(H,39,43)(H,40,45)/t24-,25?,28-,30+,37-/m0/s1. The molecule has 1 unspecified atom stereocenters. The zero-order chi connectivity index (χ0) is 38.1. The van der Waals surface area contributed by atoms with E-state index in [2.05, 4.69) is 21.9 Å². The van der Waals surface area contributed by atoms with Crippen LogP contribution in [0.2, 0.25) is 0 Å². The Bertz CT molecular complexity index is 1740. The van der Waals surface area contributed by atoms with Gasteiger partial charge in [0, 0.05) is 24.4 Å². The molecule has 3 N–H and O–H groups in total. The molecule has 0 spiro atoms. The number of rotatable bonds is 6. The lowest BCUT2D eigenvalue weighted by atomic mass is 9.85. The molecule has 0 aromatic heterocycles. The molecule has 3 aliphatic heterocycles. The number of sulfonamides is 1. The summed E-state index contributed by atoms with van der Waals surface area (Å²) in [4.78, 5) is 71.4. The Morgan fingerprint density at radius 2 is 1.72 bits per heavy atom. The van der Waals surface area contributed by atoms with Crippen molar-refractivity contribution in [3.8, 4) is 5.75 Å². The molecule has 0 radical (unpaired) electrons. The van der Waals surface area contributed by atoms with Gasteiger partial charge in [-0.25, -0.2) is 18.0 Å². The van der Waals surface area contributed by atoms with Gasteiger partial charge in [-0.2, -0.15) is 0 Å². The molecule has 290 valence electrons. The van der Waals surface area contributed by atoms with E-state index in [0.29, 0.717) is 38.2 Å². The van der Waals surface area contributed by atoms with Gasteiger partial charge in [0.25, 0.3) is 5.91 Å². The van der Waals surface area contributed by atoms with Crippen LogP contribution in [0.5, 0.6) is 5.75 Å². The van der Waals surface area contributed by atoms with Crippen LogP contribution in [-0.2, 0) is 47.0 Å². The predicted octanol–water partition coefficient (Wildman–Crippen LogP) is 3.26. The normalized spacial score (nSPS) is 28.6. The van der Waals surface area contributed by atoms with E-state index in [-0.39, 0.29) is 32.5 Å². The van der Waals surface area contributed by atoms with E-state index in [1.54, 1.807) is 20.8 Å². The largest absolute Gasteiger partial charge is 0.493 e. The summed E-state index contributed by atoms with van der Waals surface area (Å²) in [5.41, 5.74) is -0.570. The highest BCUT2D eigenvalue weighted by molar-refractivity contribution is 7.91. The number of nitrogens with one attached hydrogen (secondary N) is 3. The van der Waals surface area contributed by atoms with Gasteiger partial charge in [-0.15, -0.1) is 6.58 Å². The monoisotopic (exact) mass is 757 g/mol. The number of nitrogens with zero attached hydrogens (tertiary/aromatic N) is 2. The second-order valence-electron chi connectivity index (χ2n) is 15.9. The first-order chi connectivity index (χ1) is 25.1. The molecule has 16 heteroatoms. The molecule has 5 aliphatic rings. The summed E-state index contributed by atoms with van der Waals surface area (Å²) in [6, 6.07) is 3.35. The van der Waals surface area contributed by atoms with E-state index < -0.39 is 80.2 Å². The quantitative estimate of drug-likeness (QED) is 0.364. The maximum Gasteiger partial charge on any atom is 0.410 e. The van der Waals surface area contributed by atoms with Crippen LogP contribution in [0.25, 0.3) is 0 Å². The first-order valence-corrected chi connectivity index (χ1v) is 20.1. The first kappa shape index (κ1) is 38.4. The number of ether oxygens (including phenoxy) is 3. The van der Waals surface area contributed by atoms with Crippen molar-refractivity contribution in [1.29, 1.82) is 0 Å². The third-order valence-corrected chi connectivity index (χ3v) is 12.5. The minimum absolute atomic E-state index is 0.101. The number of hydrogen-bond acceptors (Lipinski definition) is 10. The van der Waals surface area contributed by atoms with Crippen molar-refractivity contribution in [2.75, 3.05) is 19.8 Å². The molecule has 1 saturated heterocycles. The minimum atomic E-state index is -3.91. The zero-order valence-electron chi connectivity index (χ0n) is 30.7. The molecular weight excluding hydrogens is 706 g/mol. The van der Waals surface area contributed by atoms with Crippen molar-refractivity contribution >= 4 is 39.9 Å². The highest BCUT2D eigenvalue weighted by Gasteiger charge is 2.62. The van der Waals surface area contributed by atoms with Gasteiger partial charge in [-0.05, 0) is 49.1 Å². The molecule has 3 heterocycles. The second-order valence-corrected chi connectivity index (χ2v) is 17.8. The van der Waals surface area contributed by atoms with Gasteiger partial charge >= 0.3 is 12.2 Å². The third kappa shape index (κ3) is 8.57. The predicted molar refractivity (Wildman–Crippen MR) is 192 cm³/mol. The van der Waals surface area contributed by atoms with Crippen molar-refractivity contribution in [2.45, 2.75) is 121 Å². The van der Waals surface area contributed by atoms with Crippen LogP contribution >= 0.6 is 0 Å². The van der Waals surface area contributed by atoms with Gasteiger partial charge in [-0.3, -0.25) is 24.0 Å². The van der Waals surface area contributed by atoms with E-state index in [4.69, 9.17) is 14.2 Å². The Kier molecular flexibility index (Phi) is 11.0. The number of fused-ring (bicyclic) bond motifs is 3. The fourth-order valence-corrected chi connectivity index (χ4v) is 8.69. The second kappa shape index (κ2) is 15.2. The topological polar surface area (TPSA) is 190 Å². The van der Waals surface area contributed by atoms with Crippen molar-refractivity contribution < 1.29 is 46.6 Å². The van der Waals surface area contributed by atoms with Crippen LogP contribution in [0.1, 0.15) is 89.7 Å². The summed E-state index contributed by atoms with van der Waals surface area (Å²) in [6.07, 6.45) is 4.27. The summed E-state index contributed by atoms with van der Waals surface area (Å²) in [5.74, 6) is -2.03. The SMILES string of the molecule is C=C[C@H]1C[C@@]1(NC(=O)[C@@H]1CC2CN1C(=O)[C@H](C(C)(C)C)NC(=O)OCCCCCCCOc1cccc3c1CN(C3)C(=O)O2)C(=O)NS(=O)(=O)C1CC1. The molecule has 3 fully saturated rings. The van der Waals surface area contributed by atoms with Gasteiger partial charge in [0.05, 0.1) is 31.6 Å². The summed E-state index contributed by atoms with van der Waals surface area (Å²) in [7, 11) is -3.91. The van der Waals surface area contributed by atoms with E-state index in [1.807, 2.05) is 18.2 Å². The average molecular weight is 758 g/mol. The molecule has 1 aromatic carbocycles. The van der Waals surface area contributed by atoms with Crippen molar-refractivity contribution in [3.63, 3.8) is 0 Å². The van der Waals surface area contributed by atoms with Crippen LogP contribution in [0.4, 0.5) is 9.59 Å². The number of carbonyl (C=O) groups is 5. The van der Waals surface area contributed by atoms with E-state index in [1.165, 1.54) is 15.9 Å². The molecule has 53 heavy (non-hydrogen) atoms. The number of amides is 5. The molecule has 2 saturated carbocycles. The van der Waals surface area contributed by atoms with Crippen LogP contribution < -0.4 is 20.1 Å². The molecule has 2 aliphatic carbocycles. The van der Waals surface area contributed by atoms with Crippen LogP contribution in [0.3, 0.4) is 0 Å². The molecular formula is C37H51N5O10S. The van der Waals surface area contributed by atoms with Crippen molar-refractivity contribution in [1.82, 2.24) is 25.2 Å². The fourth-order valence-electron chi connectivity index (χ4n) is 7.32. The Morgan fingerprint density at radius 3 is 2.38 bits per heavy atom. The van der Waals surface area contributed by atoms with Crippen molar-refractivity contribution in [2.24, 2.45) is 11.3 Å². The molecule has 5 atom stereocenters. The van der Waals surface area contributed by atoms with Crippen LogP contribution in [0.15, 0.2) is 30.9 Å². The lowest BCUT2D eigenvalue weighted by Gasteiger charge is -2.35. The third-order valence-electron chi connectivity index (χ3n) is 10.7. The number of cyclic esters (lactones) is 1. The lowest BCUT2D eigenvalue weighted by molar-refractivity contribution is -0.142. The Morgan fingerprint density at radius 1 is 1.02 bits per heavy atom. The van der Waals surface area contributed by atoms with Crippen LogP contribution in [-0.4, -0.2) is 96.9 Å². The van der Waals surface area contributed by atoms with E-state index in [9.17, 15) is 32.4 Å². The van der Waals surface area contributed by atoms with Crippen LogP contribution in [0, 0.1) is 11.3 Å². The van der Waals surface area contributed by atoms with E-state index >= 15 is 0 Å². The number of hydrogen-bond donors (Lipinski definition) is 3. The Labute approximate surface area is 310 Å². The Balaban J connectivity index is 1.25. The fraction of sp³-hybridized carbons (Fsp3) is 0.649. The maximum absolute atomic E-state index is 14.4. The number of carbonyl (C=O) groups excluding carboxylic acids is 5. The van der Waals surface area contributed by atoms with Gasteiger partial charge in [0.2, 0.25) is 21.8 Å². The number of benzene rings is 1. The highest BCUT2D eigenvalue weighted by atomic mass is 32.2. The highest BCUT2D eigenvalue weighted by Crippen LogP contribution is 2.45. The first-order valence-electron chi connectivity index (χ1n) is 18.6. The van der Waals surface area contributed by atoms with Gasteiger partial charge in [0.1, 0.15) is 29.5 Å². The Hall–Kier alpha value is -4.34. The van der Waals surface area contributed by atoms with E-state index in [0.717, 1.165) is 36.8 Å². The van der Waals surface area contributed by atoms with Crippen molar-refractivity contribution in [3.05, 3.63) is 42.0 Å².